The number of rotatable bonds is 15. The molecule has 3 aromatic rings. The first-order chi connectivity index (χ1) is 33.9. The topological polar surface area (TPSA) is 148 Å². The van der Waals surface area contributed by atoms with Crippen LogP contribution in [0.2, 0.25) is 20.2 Å². The van der Waals surface area contributed by atoms with Gasteiger partial charge in [-0.05, 0) is 16.7 Å². The first-order valence-corrected chi connectivity index (χ1v) is 29.1. The van der Waals surface area contributed by atoms with Crippen molar-refractivity contribution < 1.29 is 65.5 Å². The third kappa shape index (κ3) is 10.1. The molecule has 0 radical (unpaired) electrons. The van der Waals surface area contributed by atoms with E-state index in [1.165, 1.54) is 7.11 Å². The van der Waals surface area contributed by atoms with Gasteiger partial charge in [0.2, 0.25) is 0 Å². The van der Waals surface area contributed by atoms with Gasteiger partial charge < -0.3 is 60.5 Å². The summed E-state index contributed by atoms with van der Waals surface area (Å²) in [5.74, 6) is -2.93. The van der Waals surface area contributed by atoms with E-state index in [1.807, 2.05) is 95.6 Å². The number of esters is 1. The maximum Gasteiger partial charge on any atom is 0.404 e. The molecule has 0 spiro atoms. The number of nitrogens with zero attached hydrogens (tertiary/aromatic N) is 1. The van der Waals surface area contributed by atoms with Crippen LogP contribution in [0.25, 0.3) is 0 Å². The largest absolute Gasteiger partial charge is 0.465 e. The van der Waals surface area contributed by atoms with Crippen LogP contribution in [0.5, 0.6) is 0 Å². The van der Waals surface area contributed by atoms with Crippen LogP contribution in [0.15, 0.2) is 91.0 Å². The standard InChI is InChI=1S/C55H79NO14Si2/c1-51(2,3)71(52(4,5)6)56-42-39(67-50(56)58)30-55(49(57)60-14,68-45(42)44(70-71)41-35-65-72(69-41,53(7,8)9)54(10,11)12)64-34-40-43(61-31-36-24-18-15-19-25-36)46(62-32-37-26-20-16-21-27-37)47(48(59-13)66-40)63-33-38-28-22-17-23-29-38/h15-29,39-48H,30-35H2,1-14H3/t39-,40+,41+,42+,43-,44+,45+,46-,47+,48-,55+/m0/s1. The Morgan fingerprint density at radius 3 is 1.61 bits per heavy atom. The molecule has 3 aromatic carbocycles. The lowest BCUT2D eigenvalue weighted by Gasteiger charge is -2.63. The molecule has 0 N–H and O–H groups in total. The minimum Gasteiger partial charge on any atom is -0.465 e. The Balaban J connectivity index is 1.18. The van der Waals surface area contributed by atoms with Crippen molar-refractivity contribution in [3.05, 3.63) is 108 Å². The number of ether oxygens (including phenoxy) is 9. The van der Waals surface area contributed by atoms with Crippen molar-refractivity contribution in [1.29, 1.82) is 0 Å². The molecule has 15 nitrogen and oxygen atoms in total. The first-order valence-electron chi connectivity index (χ1n) is 25.4. The number of carbonyl (C=O) groups excluding carboxylic acids is 2. The van der Waals surface area contributed by atoms with E-state index in [9.17, 15) is 9.59 Å². The summed E-state index contributed by atoms with van der Waals surface area (Å²) in [7, 11) is -3.66. The van der Waals surface area contributed by atoms with E-state index >= 15 is 0 Å². The van der Waals surface area contributed by atoms with Crippen LogP contribution in [0, 0.1) is 0 Å². The van der Waals surface area contributed by atoms with E-state index in [2.05, 4.69) is 83.1 Å². The van der Waals surface area contributed by atoms with Gasteiger partial charge in [0.05, 0.1) is 58.7 Å². The fourth-order valence-corrected chi connectivity index (χ4v) is 23.5. The second kappa shape index (κ2) is 20.9. The number of carbonyl (C=O) groups is 2. The number of benzene rings is 3. The van der Waals surface area contributed by atoms with Gasteiger partial charge in [-0.15, -0.1) is 0 Å². The quantitative estimate of drug-likeness (QED) is 0.105. The number of hydrogen-bond acceptors (Lipinski definition) is 14. The third-order valence-electron chi connectivity index (χ3n) is 15.0. The average molecular weight is 1030 g/mol. The van der Waals surface area contributed by atoms with E-state index in [0.717, 1.165) is 16.7 Å². The van der Waals surface area contributed by atoms with Gasteiger partial charge in [-0.3, -0.25) is 0 Å². The molecule has 72 heavy (non-hydrogen) atoms. The molecular formula is C55H79NO14Si2. The van der Waals surface area contributed by atoms with E-state index in [1.54, 1.807) is 7.11 Å². The third-order valence-corrected chi connectivity index (χ3v) is 26.0. The van der Waals surface area contributed by atoms with Crippen LogP contribution in [0.3, 0.4) is 0 Å². The summed E-state index contributed by atoms with van der Waals surface area (Å²) < 4.78 is 83.4. The van der Waals surface area contributed by atoms with Crippen molar-refractivity contribution in [2.75, 3.05) is 27.4 Å². The SMILES string of the molecule is COC(=O)[C@@]1(OC[C@H]2O[C@H](OC)[C@H](OCc3ccccc3)[C@@H](OCc3ccccc3)[C@H]2OCc2ccccc2)C[C@@H]2OC(=O)N3[C@H]2[C@@H](O1)[C@@H]([C@H]1CO[Si](C(C)(C)C)(C(C)(C)C)O1)O[Si]3(C(C)(C)C)C(C)(C)C. The minimum atomic E-state index is -3.45. The molecule has 5 saturated heterocycles. The second-order valence-electron chi connectivity index (χ2n) is 24.0. The van der Waals surface area contributed by atoms with E-state index in [-0.39, 0.29) is 49.5 Å². The van der Waals surface area contributed by atoms with Crippen LogP contribution < -0.4 is 0 Å². The van der Waals surface area contributed by atoms with Gasteiger partial charge in [-0.1, -0.05) is 174 Å². The molecule has 0 saturated carbocycles. The summed E-state index contributed by atoms with van der Waals surface area (Å²) in [5, 5.41) is -1.72. The molecule has 11 atom stereocenters. The summed E-state index contributed by atoms with van der Waals surface area (Å²) in [6.07, 6.45) is -8.28. The van der Waals surface area contributed by atoms with Crippen molar-refractivity contribution >= 4 is 29.1 Å². The molecule has 1 amide bonds. The monoisotopic (exact) mass is 1030 g/mol. The van der Waals surface area contributed by atoms with Crippen molar-refractivity contribution in [1.82, 2.24) is 4.57 Å². The Hall–Kier alpha value is -3.57. The van der Waals surface area contributed by atoms with Crippen LogP contribution >= 0.6 is 0 Å². The zero-order valence-electron chi connectivity index (χ0n) is 44.8. The Kier molecular flexibility index (Phi) is 15.8. The molecule has 5 aliphatic rings. The Bertz CT molecular complexity index is 2270. The van der Waals surface area contributed by atoms with Crippen LogP contribution in [-0.4, -0.2) is 128 Å². The summed E-state index contributed by atoms with van der Waals surface area (Å²) in [6, 6.07) is 28.9. The molecule has 5 fully saturated rings. The fraction of sp³-hybridized carbons (Fsp3) is 0.636. The van der Waals surface area contributed by atoms with Crippen molar-refractivity contribution in [2.24, 2.45) is 0 Å². The van der Waals surface area contributed by atoms with E-state index < -0.39 is 106 Å². The predicted molar refractivity (Wildman–Crippen MR) is 273 cm³/mol. The number of amides is 1. The minimum absolute atomic E-state index is 0.175. The predicted octanol–water partition coefficient (Wildman–Crippen LogP) is 9.88. The molecule has 0 aliphatic carbocycles. The van der Waals surface area contributed by atoms with Crippen molar-refractivity contribution in [3.8, 4) is 0 Å². The molecule has 396 valence electrons. The Morgan fingerprint density at radius 2 is 1.15 bits per heavy atom. The summed E-state index contributed by atoms with van der Waals surface area (Å²) in [6.45, 7) is 26.4. The molecule has 0 bridgehead atoms. The highest BCUT2D eigenvalue weighted by molar-refractivity contribution is 6.79. The highest BCUT2D eigenvalue weighted by atomic mass is 28.4. The van der Waals surface area contributed by atoms with Crippen LogP contribution in [0.1, 0.15) is 106 Å². The van der Waals surface area contributed by atoms with Gasteiger partial charge in [-0.25, -0.2) is 9.59 Å². The Labute approximate surface area is 429 Å². The molecule has 5 aliphatic heterocycles. The Morgan fingerprint density at radius 1 is 0.653 bits per heavy atom. The highest BCUT2D eigenvalue weighted by Gasteiger charge is 2.77. The van der Waals surface area contributed by atoms with Crippen LogP contribution in [0.4, 0.5) is 4.79 Å². The number of hydrogen-bond donors (Lipinski definition) is 0. The van der Waals surface area contributed by atoms with Gasteiger partial charge in [0.25, 0.3) is 5.79 Å². The van der Waals surface area contributed by atoms with Crippen molar-refractivity contribution in [2.45, 2.75) is 196 Å². The summed E-state index contributed by atoms with van der Waals surface area (Å²) in [4.78, 5) is 29.4. The zero-order valence-corrected chi connectivity index (χ0v) is 46.8. The maximum atomic E-state index is 14.7. The van der Waals surface area contributed by atoms with E-state index in [4.69, 9.17) is 55.9 Å². The van der Waals surface area contributed by atoms with Gasteiger partial charge in [0.1, 0.15) is 42.7 Å². The zero-order chi connectivity index (χ0) is 52.1. The smallest absolute Gasteiger partial charge is 0.404 e. The van der Waals surface area contributed by atoms with E-state index in [0.29, 0.717) is 0 Å². The molecule has 17 heteroatoms. The number of methoxy groups -OCH3 is 2. The summed E-state index contributed by atoms with van der Waals surface area (Å²) in [5.41, 5.74) is 2.82. The van der Waals surface area contributed by atoms with Gasteiger partial charge in [-0.2, -0.15) is 0 Å². The lowest BCUT2D eigenvalue weighted by Crippen LogP contribution is -2.80. The lowest BCUT2D eigenvalue weighted by molar-refractivity contribution is -0.347. The molecular weight excluding hydrogens is 955 g/mol. The molecule has 0 aromatic heterocycles. The first kappa shape index (κ1) is 54.7. The maximum absolute atomic E-state index is 14.7. The molecule has 8 rings (SSSR count). The van der Waals surface area contributed by atoms with Gasteiger partial charge >= 0.3 is 29.1 Å². The van der Waals surface area contributed by atoms with Crippen LogP contribution in [-0.2, 0) is 80.5 Å². The molecule has 5 heterocycles. The normalized spacial score (nSPS) is 31.5. The van der Waals surface area contributed by atoms with Crippen molar-refractivity contribution in [3.63, 3.8) is 0 Å². The highest BCUT2D eigenvalue weighted by Crippen LogP contribution is 2.62. The second-order valence-corrected chi connectivity index (χ2v) is 33.8. The fourth-order valence-electron chi connectivity index (χ4n) is 12.4. The lowest BCUT2D eigenvalue weighted by atomic mass is 9.89. The summed E-state index contributed by atoms with van der Waals surface area (Å²) >= 11 is 0. The molecule has 0 unspecified atom stereocenters. The van der Waals surface area contributed by atoms with Gasteiger partial charge in [0.15, 0.2) is 6.29 Å². The van der Waals surface area contributed by atoms with Gasteiger partial charge in [0, 0.05) is 27.3 Å². The average Bonchev–Trinajstić information content (AvgIpc) is 3.95.